The zero-order valence-corrected chi connectivity index (χ0v) is 19.5. The lowest BCUT2D eigenvalue weighted by Gasteiger charge is -2.32. The zero-order chi connectivity index (χ0) is 23.7. The fourth-order valence-electron chi connectivity index (χ4n) is 4.65. The van der Waals surface area contributed by atoms with Crippen molar-refractivity contribution in [3.8, 4) is 17.2 Å². The number of nitrogens with zero attached hydrogens (tertiary/aromatic N) is 2. The molecule has 0 radical (unpaired) electrons. The molecule has 172 valence electrons. The monoisotopic (exact) mass is 453 g/mol. The van der Waals surface area contributed by atoms with Gasteiger partial charge in [0.15, 0.2) is 0 Å². The second-order valence-corrected chi connectivity index (χ2v) is 8.32. The van der Waals surface area contributed by atoms with Gasteiger partial charge >= 0.3 is 6.03 Å². The maximum Gasteiger partial charge on any atom is 0.323 e. The Hall–Kier alpha value is -4.19. The number of rotatable bonds is 4. The number of urea groups is 1. The minimum Gasteiger partial charge on any atom is -0.497 e. The number of amides is 2. The van der Waals surface area contributed by atoms with E-state index in [1.807, 2.05) is 35.2 Å². The molecule has 2 amide bonds. The Labute approximate surface area is 199 Å². The lowest BCUT2D eigenvalue weighted by molar-refractivity contribution is 0.194. The summed E-state index contributed by atoms with van der Waals surface area (Å²) in [7, 11) is 3.18. The molecule has 0 bridgehead atoms. The lowest BCUT2D eigenvalue weighted by atomic mass is 9.97. The van der Waals surface area contributed by atoms with E-state index in [0.29, 0.717) is 23.7 Å². The Kier molecular flexibility index (Phi) is 5.72. The van der Waals surface area contributed by atoms with E-state index in [1.54, 1.807) is 32.4 Å². The predicted octanol–water partition coefficient (Wildman–Crippen LogP) is 5.94. The third-order valence-electron chi connectivity index (χ3n) is 6.36. The summed E-state index contributed by atoms with van der Waals surface area (Å²) in [5.41, 5.74) is 6.00. The van der Waals surface area contributed by atoms with E-state index in [-0.39, 0.29) is 12.1 Å². The first-order valence-electron chi connectivity index (χ1n) is 11.2. The van der Waals surface area contributed by atoms with Crippen LogP contribution in [0.3, 0.4) is 0 Å². The van der Waals surface area contributed by atoms with Crippen molar-refractivity contribution in [2.45, 2.75) is 19.5 Å². The van der Waals surface area contributed by atoms with E-state index in [4.69, 9.17) is 9.47 Å². The van der Waals surface area contributed by atoms with Gasteiger partial charge in [-0.2, -0.15) is 0 Å². The largest absolute Gasteiger partial charge is 0.497 e. The standard InChI is InChI=1S/C28H27N3O3/c1-19-9-4-6-11-22(19)27-25-13-8-16-30(25)24-12-7-5-10-20(24)18-31(27)28(32)29-23-15-14-21(33-2)17-26(23)34-3/h4-17,27H,18H2,1-3H3,(H,29,32). The molecule has 1 N–H and O–H groups in total. The molecule has 3 aromatic carbocycles. The van der Waals surface area contributed by atoms with Crippen LogP contribution in [0.15, 0.2) is 85.1 Å². The fraction of sp³-hybridized carbons (Fsp3) is 0.179. The van der Waals surface area contributed by atoms with Crippen LogP contribution in [0.25, 0.3) is 5.69 Å². The van der Waals surface area contributed by atoms with Crippen LogP contribution in [0.2, 0.25) is 0 Å². The normalized spacial score (nSPS) is 14.6. The van der Waals surface area contributed by atoms with Crippen molar-refractivity contribution in [2.75, 3.05) is 19.5 Å². The highest BCUT2D eigenvalue weighted by atomic mass is 16.5. The Morgan fingerprint density at radius 3 is 2.53 bits per heavy atom. The Balaban J connectivity index is 1.62. The summed E-state index contributed by atoms with van der Waals surface area (Å²) >= 11 is 0. The summed E-state index contributed by atoms with van der Waals surface area (Å²) in [5.74, 6) is 1.20. The van der Waals surface area contributed by atoms with Crippen molar-refractivity contribution >= 4 is 11.7 Å². The molecule has 1 unspecified atom stereocenters. The molecule has 4 aromatic rings. The molecule has 1 aliphatic rings. The number of hydrogen-bond donors (Lipinski definition) is 1. The van der Waals surface area contributed by atoms with Gasteiger partial charge in [-0.3, -0.25) is 0 Å². The van der Waals surface area contributed by atoms with Gasteiger partial charge in [0.1, 0.15) is 17.5 Å². The topological polar surface area (TPSA) is 55.7 Å². The van der Waals surface area contributed by atoms with E-state index in [0.717, 1.165) is 28.1 Å². The summed E-state index contributed by atoms with van der Waals surface area (Å²) in [5, 5.41) is 3.08. The van der Waals surface area contributed by atoms with Crippen molar-refractivity contribution in [3.05, 3.63) is 107 Å². The zero-order valence-electron chi connectivity index (χ0n) is 19.5. The van der Waals surface area contributed by atoms with E-state index >= 15 is 0 Å². The van der Waals surface area contributed by atoms with Crippen LogP contribution in [0.5, 0.6) is 11.5 Å². The SMILES string of the molecule is COc1ccc(NC(=O)N2Cc3ccccc3-n3cccc3C2c2ccccc2C)c(OC)c1. The molecule has 0 saturated heterocycles. The number of fused-ring (bicyclic) bond motifs is 3. The molecule has 5 rings (SSSR count). The number of carbonyl (C=O) groups excluding carboxylic acids is 1. The van der Waals surface area contributed by atoms with Gasteiger partial charge in [0.05, 0.1) is 32.1 Å². The average Bonchev–Trinajstić information content (AvgIpc) is 3.29. The number of hydrogen-bond acceptors (Lipinski definition) is 3. The summed E-state index contributed by atoms with van der Waals surface area (Å²) in [6.07, 6.45) is 2.06. The van der Waals surface area contributed by atoms with E-state index < -0.39 is 0 Å². The molecule has 6 nitrogen and oxygen atoms in total. The third kappa shape index (κ3) is 3.77. The highest BCUT2D eigenvalue weighted by Gasteiger charge is 2.34. The molecule has 0 aliphatic carbocycles. The first-order chi connectivity index (χ1) is 16.6. The van der Waals surface area contributed by atoms with E-state index in [2.05, 4.69) is 53.3 Å². The fourth-order valence-corrected chi connectivity index (χ4v) is 4.65. The second kappa shape index (κ2) is 8.98. The van der Waals surface area contributed by atoms with Gasteiger partial charge in [-0.25, -0.2) is 4.79 Å². The Bertz CT molecular complexity index is 1340. The lowest BCUT2D eigenvalue weighted by Crippen LogP contribution is -2.38. The quantitative estimate of drug-likeness (QED) is 0.416. The number of ether oxygens (including phenoxy) is 2. The number of anilines is 1. The number of aryl methyl sites for hydroxylation is 1. The van der Waals surface area contributed by atoms with E-state index in [9.17, 15) is 4.79 Å². The molecule has 34 heavy (non-hydrogen) atoms. The maximum atomic E-state index is 13.9. The molecule has 0 spiro atoms. The minimum atomic E-state index is -0.271. The molecule has 6 heteroatoms. The Morgan fingerprint density at radius 2 is 1.74 bits per heavy atom. The smallest absolute Gasteiger partial charge is 0.323 e. The number of methoxy groups -OCH3 is 2. The van der Waals surface area contributed by atoms with Gasteiger partial charge in [0, 0.05) is 18.0 Å². The molecule has 1 atom stereocenters. The van der Waals surface area contributed by atoms with Crippen LogP contribution in [0.4, 0.5) is 10.5 Å². The summed E-state index contributed by atoms with van der Waals surface area (Å²) in [4.78, 5) is 15.8. The number of benzene rings is 3. The summed E-state index contributed by atoms with van der Waals surface area (Å²) in [6, 6.07) is 25.5. The average molecular weight is 454 g/mol. The molecule has 1 aliphatic heterocycles. The predicted molar refractivity (Wildman–Crippen MR) is 133 cm³/mol. The van der Waals surface area contributed by atoms with Gasteiger partial charge in [0.25, 0.3) is 0 Å². The van der Waals surface area contributed by atoms with Crippen LogP contribution in [0, 0.1) is 6.92 Å². The first kappa shape index (κ1) is 21.6. The van der Waals surface area contributed by atoms with Crippen molar-refractivity contribution in [1.29, 1.82) is 0 Å². The number of nitrogens with one attached hydrogen (secondary N) is 1. The van der Waals surface area contributed by atoms with Gasteiger partial charge < -0.3 is 24.3 Å². The van der Waals surface area contributed by atoms with Crippen molar-refractivity contribution < 1.29 is 14.3 Å². The molecule has 0 saturated carbocycles. The third-order valence-corrected chi connectivity index (χ3v) is 6.36. The number of aromatic nitrogens is 1. The summed E-state index contributed by atoms with van der Waals surface area (Å²) in [6.45, 7) is 2.55. The van der Waals surface area contributed by atoms with Crippen LogP contribution in [-0.2, 0) is 6.54 Å². The van der Waals surface area contributed by atoms with Crippen molar-refractivity contribution in [3.63, 3.8) is 0 Å². The molecule has 0 fully saturated rings. The maximum absolute atomic E-state index is 13.9. The molecule has 2 heterocycles. The van der Waals surface area contributed by atoms with Crippen LogP contribution in [0.1, 0.15) is 28.4 Å². The molecular weight excluding hydrogens is 426 g/mol. The van der Waals surface area contributed by atoms with Gasteiger partial charge in [-0.15, -0.1) is 0 Å². The van der Waals surface area contributed by atoms with Crippen LogP contribution >= 0.6 is 0 Å². The molecular formula is C28H27N3O3. The molecule has 1 aromatic heterocycles. The van der Waals surface area contributed by atoms with Crippen LogP contribution < -0.4 is 14.8 Å². The summed E-state index contributed by atoms with van der Waals surface area (Å²) < 4.78 is 13.0. The van der Waals surface area contributed by atoms with Gasteiger partial charge in [-0.1, -0.05) is 42.5 Å². The van der Waals surface area contributed by atoms with E-state index in [1.165, 1.54) is 0 Å². The highest BCUT2D eigenvalue weighted by molar-refractivity contribution is 5.92. The number of carbonyl (C=O) groups is 1. The van der Waals surface area contributed by atoms with Crippen molar-refractivity contribution in [1.82, 2.24) is 9.47 Å². The highest BCUT2D eigenvalue weighted by Crippen LogP contribution is 2.38. The van der Waals surface area contributed by atoms with Gasteiger partial charge in [-0.05, 0) is 53.9 Å². The number of para-hydroxylation sites is 1. The first-order valence-corrected chi connectivity index (χ1v) is 11.2. The van der Waals surface area contributed by atoms with Crippen molar-refractivity contribution in [2.24, 2.45) is 0 Å². The van der Waals surface area contributed by atoms with Crippen LogP contribution in [-0.4, -0.2) is 29.7 Å². The second-order valence-electron chi connectivity index (χ2n) is 8.32. The van der Waals surface area contributed by atoms with Gasteiger partial charge in [0.2, 0.25) is 0 Å². The minimum absolute atomic E-state index is 0.207. The Morgan fingerprint density at radius 1 is 0.941 bits per heavy atom.